The van der Waals surface area contributed by atoms with E-state index in [9.17, 15) is 0 Å². The van der Waals surface area contributed by atoms with Crippen LogP contribution in [0.2, 0.25) is 0 Å². The molecule has 3 aliphatic carbocycles. The molecule has 0 spiro atoms. The van der Waals surface area contributed by atoms with Gasteiger partial charge in [-0.05, 0) is 199 Å². The molecule has 0 amide bonds. The fourth-order valence-electron chi connectivity index (χ4n) is 13.4. The van der Waals surface area contributed by atoms with Crippen LogP contribution in [0.5, 0.6) is 0 Å². The number of furan rings is 1. The molecule has 2 aliphatic heterocycles. The largest absolute Gasteiger partial charge is 0.468 e. The zero-order valence-electron chi connectivity index (χ0n) is 43.8. The van der Waals surface area contributed by atoms with Crippen LogP contribution in [-0.4, -0.2) is 6.71 Å². The van der Waals surface area contributed by atoms with E-state index < -0.39 is 0 Å². The Balaban J connectivity index is 1.29. The number of fused-ring (bicyclic) bond motifs is 9. The second kappa shape index (κ2) is 13.9. The molecule has 0 fully saturated rings. The third kappa shape index (κ3) is 6.42. The van der Waals surface area contributed by atoms with Gasteiger partial charge in [-0.3, -0.25) is 0 Å². The first kappa shape index (κ1) is 44.5. The second-order valence-corrected chi connectivity index (χ2v) is 26.7. The van der Waals surface area contributed by atoms with Gasteiger partial charge in [-0.1, -0.05) is 135 Å². The summed E-state index contributed by atoms with van der Waals surface area (Å²) in [4.78, 5) is 5.26. The Kier molecular flexibility index (Phi) is 9.21. The molecule has 346 valence electrons. The SMILES string of the molecule is C=Cc1cc(C(C)(C)C)ccc1N1c2cc(C)cc3c2B(c2cc4c(cc2N3c2ccc3c(c2)C(C)(C)CCC3(C)C)C(C)(C)CCC4(C)C)c2oc3cc4c(cc3c21)C(C)(C)CCC4(C)C. The van der Waals surface area contributed by atoms with Gasteiger partial charge in [0.1, 0.15) is 5.58 Å². The van der Waals surface area contributed by atoms with E-state index in [1.807, 2.05) is 0 Å². The Labute approximate surface area is 403 Å². The minimum atomic E-state index is -0.117. The summed E-state index contributed by atoms with van der Waals surface area (Å²) in [5.74, 6) is 0. The Morgan fingerprint density at radius 2 is 1.04 bits per heavy atom. The van der Waals surface area contributed by atoms with E-state index >= 15 is 0 Å². The van der Waals surface area contributed by atoms with Crippen LogP contribution in [0.25, 0.3) is 17.0 Å². The quantitative estimate of drug-likeness (QED) is 0.165. The standard InChI is InChI=1S/C63H75BN2O/c1-18-38-31-39(57(3,4)5)19-22-49(38)66-52-30-37(2)29-51-54(52)64(56-55(66)41-33-44-47(36-53(41)67-56)63(16,17)28-25-60(44,10)11)48-34-45-46(62(14,15)27-26-61(45,12)13)35-50(48)65(51)40-20-21-42-43(32-40)59(8,9)24-23-58(42,6)7/h18-22,29-36H,1,23-28H2,2-17H3. The lowest BCUT2D eigenvalue weighted by Gasteiger charge is -2.47. The molecule has 67 heavy (non-hydrogen) atoms. The summed E-state index contributed by atoms with van der Waals surface area (Å²) in [5.41, 5.74) is 24.8. The van der Waals surface area contributed by atoms with Crippen LogP contribution in [0.1, 0.15) is 192 Å². The van der Waals surface area contributed by atoms with Crippen LogP contribution in [-0.2, 0) is 37.9 Å². The van der Waals surface area contributed by atoms with Gasteiger partial charge in [0, 0.05) is 28.1 Å². The maximum Gasteiger partial charge on any atom is 0.297 e. The summed E-state index contributed by atoms with van der Waals surface area (Å²) in [5, 5.41) is 1.20. The Morgan fingerprint density at radius 1 is 0.537 bits per heavy atom. The molecule has 1 aromatic heterocycles. The number of benzene rings is 5. The smallest absolute Gasteiger partial charge is 0.297 e. The third-order valence-corrected chi connectivity index (χ3v) is 18.2. The normalized spacial score (nSPS) is 20.9. The first-order valence-electron chi connectivity index (χ1n) is 25.6. The van der Waals surface area contributed by atoms with E-state index in [4.69, 9.17) is 4.42 Å². The molecular formula is C63H75BN2O. The van der Waals surface area contributed by atoms with E-state index in [0.717, 1.165) is 48.2 Å². The van der Waals surface area contributed by atoms with Gasteiger partial charge >= 0.3 is 0 Å². The minimum Gasteiger partial charge on any atom is -0.468 e. The molecule has 4 heteroatoms. The van der Waals surface area contributed by atoms with Crippen molar-refractivity contribution in [2.24, 2.45) is 0 Å². The van der Waals surface area contributed by atoms with Gasteiger partial charge in [0.2, 0.25) is 0 Å². The topological polar surface area (TPSA) is 19.6 Å². The minimum absolute atomic E-state index is 0.0128. The van der Waals surface area contributed by atoms with Gasteiger partial charge in [0.15, 0.2) is 0 Å². The molecular weight excluding hydrogens is 812 g/mol. The molecule has 0 unspecified atom stereocenters. The predicted octanol–water partition coefficient (Wildman–Crippen LogP) is 15.8. The average Bonchev–Trinajstić information content (AvgIpc) is 3.62. The highest BCUT2D eigenvalue weighted by Crippen LogP contribution is 2.55. The van der Waals surface area contributed by atoms with Crippen molar-refractivity contribution in [1.29, 1.82) is 0 Å². The highest BCUT2D eigenvalue weighted by atomic mass is 16.3. The van der Waals surface area contributed by atoms with Gasteiger partial charge in [-0.2, -0.15) is 0 Å². The predicted molar refractivity (Wildman–Crippen MR) is 290 cm³/mol. The number of anilines is 6. The molecule has 5 aromatic carbocycles. The van der Waals surface area contributed by atoms with Crippen molar-refractivity contribution in [3.63, 3.8) is 0 Å². The zero-order chi connectivity index (χ0) is 47.9. The highest BCUT2D eigenvalue weighted by Gasteiger charge is 2.50. The summed E-state index contributed by atoms with van der Waals surface area (Å²) < 4.78 is 7.67. The molecule has 0 N–H and O–H groups in total. The molecule has 3 nitrogen and oxygen atoms in total. The maximum absolute atomic E-state index is 7.67. The molecule has 5 aliphatic rings. The van der Waals surface area contributed by atoms with E-state index in [0.29, 0.717) is 0 Å². The van der Waals surface area contributed by atoms with E-state index in [1.54, 1.807) is 0 Å². The first-order valence-corrected chi connectivity index (χ1v) is 25.6. The van der Waals surface area contributed by atoms with Crippen LogP contribution in [0.15, 0.2) is 83.8 Å². The molecule has 0 bridgehead atoms. The summed E-state index contributed by atoms with van der Waals surface area (Å²) >= 11 is 0. The van der Waals surface area contributed by atoms with Crippen LogP contribution in [0, 0.1) is 6.92 Å². The molecule has 11 rings (SSSR count). The Hall–Kier alpha value is -4.96. The maximum atomic E-state index is 7.67. The van der Waals surface area contributed by atoms with Crippen LogP contribution >= 0.6 is 0 Å². The average molecular weight is 887 g/mol. The van der Waals surface area contributed by atoms with E-state index in [1.165, 1.54) is 102 Å². The molecule has 0 radical (unpaired) electrons. The Bertz CT molecular complexity index is 3120. The number of aryl methyl sites for hydroxylation is 1. The fourth-order valence-corrected chi connectivity index (χ4v) is 13.4. The summed E-state index contributed by atoms with van der Waals surface area (Å²) in [6, 6.07) is 29.8. The summed E-state index contributed by atoms with van der Waals surface area (Å²) in [7, 11) is 0. The van der Waals surface area contributed by atoms with Gasteiger partial charge in [-0.25, -0.2) is 0 Å². The van der Waals surface area contributed by atoms with Gasteiger partial charge in [0.05, 0.1) is 17.0 Å². The zero-order valence-corrected chi connectivity index (χ0v) is 43.8. The summed E-state index contributed by atoms with van der Waals surface area (Å²) in [6.07, 6.45) is 9.07. The van der Waals surface area contributed by atoms with Crippen molar-refractivity contribution in [2.45, 2.75) is 187 Å². The van der Waals surface area contributed by atoms with Crippen molar-refractivity contribution < 1.29 is 4.42 Å². The van der Waals surface area contributed by atoms with Gasteiger partial charge in [0.25, 0.3) is 6.71 Å². The second-order valence-electron chi connectivity index (χ2n) is 26.7. The van der Waals surface area contributed by atoms with Gasteiger partial charge < -0.3 is 14.2 Å². The lowest BCUT2D eigenvalue weighted by molar-refractivity contribution is 0.332. The van der Waals surface area contributed by atoms with Crippen LogP contribution in [0.4, 0.5) is 34.1 Å². The molecule has 0 saturated heterocycles. The fraction of sp³-hybridized carbons (Fsp3) is 0.460. The highest BCUT2D eigenvalue weighted by molar-refractivity contribution is 7.00. The van der Waals surface area contributed by atoms with E-state index in [2.05, 4.69) is 206 Å². The molecule has 0 saturated carbocycles. The van der Waals surface area contributed by atoms with Crippen LogP contribution in [0.3, 0.4) is 0 Å². The molecule has 6 aromatic rings. The Morgan fingerprint density at radius 3 is 1.61 bits per heavy atom. The van der Waals surface area contributed by atoms with Crippen molar-refractivity contribution in [1.82, 2.24) is 0 Å². The number of hydrogen-bond acceptors (Lipinski definition) is 3. The lowest BCUT2D eigenvalue weighted by atomic mass is 9.35. The molecule has 3 heterocycles. The molecule has 0 atom stereocenters. The van der Waals surface area contributed by atoms with Gasteiger partial charge in [-0.15, -0.1) is 0 Å². The van der Waals surface area contributed by atoms with E-state index in [-0.39, 0.29) is 44.6 Å². The first-order chi connectivity index (χ1) is 31.1. The monoisotopic (exact) mass is 887 g/mol. The lowest BCUT2D eigenvalue weighted by Crippen LogP contribution is -2.61. The van der Waals surface area contributed by atoms with Crippen molar-refractivity contribution in [3.8, 4) is 0 Å². The van der Waals surface area contributed by atoms with Crippen molar-refractivity contribution in [3.05, 3.63) is 129 Å². The third-order valence-electron chi connectivity index (χ3n) is 18.2. The summed E-state index contributed by atoms with van der Waals surface area (Å²) in [6.45, 7) is 43.1. The number of hydrogen-bond donors (Lipinski definition) is 0. The van der Waals surface area contributed by atoms with Crippen molar-refractivity contribution >= 4 is 74.5 Å². The van der Waals surface area contributed by atoms with Crippen LogP contribution < -0.4 is 26.4 Å². The number of rotatable bonds is 3. The van der Waals surface area contributed by atoms with Crippen molar-refractivity contribution in [2.75, 3.05) is 9.80 Å². The number of nitrogens with zero attached hydrogens (tertiary/aromatic N) is 2.